The van der Waals surface area contributed by atoms with E-state index in [1.165, 1.54) is 36.1 Å². The largest absolute Gasteiger partial charge is 0.342 e. The molecule has 0 radical (unpaired) electrons. The third-order valence-corrected chi connectivity index (χ3v) is 6.30. The lowest BCUT2D eigenvalue weighted by Crippen LogP contribution is -2.44. The maximum Gasteiger partial charge on any atom is 0.228 e. The van der Waals surface area contributed by atoms with Crippen molar-refractivity contribution in [1.82, 2.24) is 15.1 Å². The standard InChI is InChI=1S/C22H29N3O/c1-16-6-8-17(9-7-16)20-18-10-14-25(15-11-19(18)23-24-20)21(26)22(2)12-4-3-5-13-22/h6-9H,3-5,10-15H2,1-2H3,(H,23,24). The molecule has 0 unspecified atom stereocenters. The molecule has 4 nitrogen and oxygen atoms in total. The fourth-order valence-electron chi connectivity index (χ4n) is 4.56. The number of carbonyl (C=O) groups is 1. The first-order chi connectivity index (χ1) is 12.6. The molecule has 1 N–H and O–H groups in total. The number of fused-ring (bicyclic) bond motifs is 1. The number of aromatic amines is 1. The molecule has 1 aromatic heterocycles. The Bertz CT molecular complexity index is 784. The minimum absolute atomic E-state index is 0.145. The molecule has 1 saturated carbocycles. The number of aryl methyl sites for hydroxylation is 1. The second kappa shape index (κ2) is 6.90. The Morgan fingerprint density at radius 1 is 1.08 bits per heavy atom. The van der Waals surface area contributed by atoms with Crippen LogP contribution >= 0.6 is 0 Å². The Hall–Kier alpha value is -2.10. The minimum Gasteiger partial charge on any atom is -0.342 e. The Morgan fingerprint density at radius 2 is 1.77 bits per heavy atom. The van der Waals surface area contributed by atoms with Gasteiger partial charge in [-0.2, -0.15) is 5.10 Å². The van der Waals surface area contributed by atoms with Crippen molar-refractivity contribution in [3.63, 3.8) is 0 Å². The van der Waals surface area contributed by atoms with Crippen molar-refractivity contribution in [3.05, 3.63) is 41.1 Å². The van der Waals surface area contributed by atoms with E-state index in [1.807, 2.05) is 0 Å². The smallest absolute Gasteiger partial charge is 0.228 e. The van der Waals surface area contributed by atoms with Gasteiger partial charge < -0.3 is 4.90 Å². The maximum absolute atomic E-state index is 13.2. The zero-order valence-corrected chi connectivity index (χ0v) is 16.0. The van der Waals surface area contributed by atoms with Gasteiger partial charge in [0.1, 0.15) is 0 Å². The highest BCUT2D eigenvalue weighted by molar-refractivity contribution is 5.82. The fourth-order valence-corrected chi connectivity index (χ4v) is 4.56. The lowest BCUT2D eigenvalue weighted by atomic mass is 9.74. The van der Waals surface area contributed by atoms with Gasteiger partial charge in [0, 0.05) is 41.7 Å². The van der Waals surface area contributed by atoms with Gasteiger partial charge in [0.15, 0.2) is 0 Å². The van der Waals surface area contributed by atoms with Crippen LogP contribution in [0.2, 0.25) is 0 Å². The van der Waals surface area contributed by atoms with Crippen LogP contribution in [0.1, 0.15) is 55.8 Å². The number of nitrogens with one attached hydrogen (secondary N) is 1. The molecule has 0 spiro atoms. The third-order valence-electron chi connectivity index (χ3n) is 6.30. The zero-order chi connectivity index (χ0) is 18.1. The van der Waals surface area contributed by atoms with Crippen molar-refractivity contribution < 1.29 is 4.79 Å². The van der Waals surface area contributed by atoms with E-state index >= 15 is 0 Å². The van der Waals surface area contributed by atoms with Crippen molar-refractivity contribution in [3.8, 4) is 11.3 Å². The molecule has 1 aromatic carbocycles. The zero-order valence-electron chi connectivity index (χ0n) is 16.0. The molecule has 4 rings (SSSR count). The number of hydrogen-bond acceptors (Lipinski definition) is 2. The summed E-state index contributed by atoms with van der Waals surface area (Å²) in [6, 6.07) is 8.55. The summed E-state index contributed by atoms with van der Waals surface area (Å²) in [6.07, 6.45) is 7.51. The predicted molar refractivity (Wildman–Crippen MR) is 104 cm³/mol. The number of amides is 1. The van der Waals surface area contributed by atoms with Gasteiger partial charge in [-0.25, -0.2) is 0 Å². The summed E-state index contributed by atoms with van der Waals surface area (Å²) in [5.74, 6) is 0.368. The summed E-state index contributed by atoms with van der Waals surface area (Å²) in [5, 5.41) is 7.82. The molecule has 1 aliphatic heterocycles. The van der Waals surface area contributed by atoms with E-state index in [1.54, 1.807) is 0 Å². The van der Waals surface area contributed by atoms with Crippen LogP contribution in [-0.4, -0.2) is 34.1 Å². The van der Waals surface area contributed by atoms with E-state index in [4.69, 9.17) is 0 Å². The van der Waals surface area contributed by atoms with Crippen LogP contribution in [0.15, 0.2) is 24.3 Å². The first-order valence-corrected chi connectivity index (χ1v) is 9.99. The predicted octanol–water partition coefficient (Wildman–Crippen LogP) is 4.28. The van der Waals surface area contributed by atoms with Gasteiger partial charge in [-0.1, -0.05) is 56.0 Å². The second-order valence-electron chi connectivity index (χ2n) is 8.31. The topological polar surface area (TPSA) is 49.0 Å². The average molecular weight is 351 g/mol. The number of aromatic nitrogens is 2. The first-order valence-electron chi connectivity index (χ1n) is 9.99. The molecule has 0 saturated heterocycles. The van der Waals surface area contributed by atoms with Gasteiger partial charge in [0.2, 0.25) is 5.91 Å². The summed E-state index contributed by atoms with van der Waals surface area (Å²) in [6.45, 7) is 5.89. The summed E-state index contributed by atoms with van der Waals surface area (Å²) >= 11 is 0. The first kappa shape index (κ1) is 17.3. The van der Waals surface area contributed by atoms with Gasteiger partial charge in [0.05, 0.1) is 5.69 Å². The number of nitrogens with zero attached hydrogens (tertiary/aromatic N) is 2. The summed E-state index contributed by atoms with van der Waals surface area (Å²) in [4.78, 5) is 15.3. The molecule has 138 valence electrons. The van der Waals surface area contributed by atoms with Crippen molar-refractivity contribution in [2.24, 2.45) is 5.41 Å². The van der Waals surface area contributed by atoms with Crippen LogP contribution in [0.5, 0.6) is 0 Å². The quantitative estimate of drug-likeness (QED) is 0.878. The van der Waals surface area contributed by atoms with Crippen LogP contribution < -0.4 is 0 Å². The number of rotatable bonds is 2. The number of H-pyrrole nitrogens is 1. The molecule has 26 heavy (non-hydrogen) atoms. The molecule has 2 aromatic rings. The maximum atomic E-state index is 13.2. The summed E-state index contributed by atoms with van der Waals surface area (Å²) < 4.78 is 0. The molecule has 2 heterocycles. The molecular weight excluding hydrogens is 322 g/mol. The van der Waals surface area contributed by atoms with Crippen LogP contribution in [0.3, 0.4) is 0 Å². The van der Waals surface area contributed by atoms with E-state index in [-0.39, 0.29) is 5.41 Å². The van der Waals surface area contributed by atoms with Crippen molar-refractivity contribution in [1.29, 1.82) is 0 Å². The van der Waals surface area contributed by atoms with Gasteiger partial charge in [0.25, 0.3) is 0 Å². The minimum atomic E-state index is -0.145. The van der Waals surface area contributed by atoms with Gasteiger partial charge >= 0.3 is 0 Å². The molecule has 1 amide bonds. The number of hydrogen-bond donors (Lipinski definition) is 1. The summed E-state index contributed by atoms with van der Waals surface area (Å²) in [7, 11) is 0. The number of carbonyl (C=O) groups excluding carboxylic acids is 1. The monoisotopic (exact) mass is 351 g/mol. The lowest BCUT2D eigenvalue weighted by Gasteiger charge is -2.36. The van der Waals surface area contributed by atoms with Crippen LogP contribution in [0.4, 0.5) is 0 Å². The fraction of sp³-hybridized carbons (Fsp3) is 0.545. The second-order valence-corrected chi connectivity index (χ2v) is 8.31. The molecule has 2 aliphatic rings. The van der Waals surface area contributed by atoms with E-state index in [2.05, 4.69) is 53.2 Å². The molecule has 1 fully saturated rings. The van der Waals surface area contributed by atoms with E-state index < -0.39 is 0 Å². The Labute approximate surface area is 156 Å². The molecule has 1 aliphatic carbocycles. The Balaban J connectivity index is 1.53. The van der Waals surface area contributed by atoms with Crippen molar-refractivity contribution in [2.75, 3.05) is 13.1 Å². The Morgan fingerprint density at radius 3 is 2.50 bits per heavy atom. The molecule has 0 atom stereocenters. The van der Waals surface area contributed by atoms with Gasteiger partial charge in [-0.3, -0.25) is 9.89 Å². The van der Waals surface area contributed by atoms with E-state index in [0.717, 1.165) is 50.0 Å². The highest BCUT2D eigenvalue weighted by Crippen LogP contribution is 2.38. The number of benzene rings is 1. The van der Waals surface area contributed by atoms with Crippen LogP contribution in [0, 0.1) is 12.3 Å². The van der Waals surface area contributed by atoms with Crippen LogP contribution in [0.25, 0.3) is 11.3 Å². The van der Waals surface area contributed by atoms with Gasteiger partial charge in [-0.15, -0.1) is 0 Å². The molecule has 0 bridgehead atoms. The normalized spacial score (nSPS) is 19.7. The van der Waals surface area contributed by atoms with E-state index in [0.29, 0.717) is 5.91 Å². The average Bonchev–Trinajstić information content (AvgIpc) is 2.94. The van der Waals surface area contributed by atoms with E-state index in [9.17, 15) is 4.79 Å². The van der Waals surface area contributed by atoms with Crippen molar-refractivity contribution in [2.45, 2.75) is 58.8 Å². The van der Waals surface area contributed by atoms with Gasteiger partial charge in [-0.05, 0) is 26.2 Å². The SMILES string of the molecule is Cc1ccc(-c2n[nH]c3c2CCN(C(=O)C2(C)CCCCC2)CC3)cc1. The summed E-state index contributed by atoms with van der Waals surface area (Å²) in [5.41, 5.74) is 5.81. The Kier molecular flexibility index (Phi) is 4.60. The van der Waals surface area contributed by atoms with Crippen molar-refractivity contribution >= 4 is 5.91 Å². The lowest BCUT2D eigenvalue weighted by molar-refractivity contribution is -0.143. The highest BCUT2D eigenvalue weighted by atomic mass is 16.2. The van der Waals surface area contributed by atoms with Crippen LogP contribution in [-0.2, 0) is 17.6 Å². The molecular formula is C22H29N3O. The third kappa shape index (κ3) is 3.17. The molecule has 4 heteroatoms. The highest BCUT2D eigenvalue weighted by Gasteiger charge is 2.38.